The van der Waals surface area contributed by atoms with Crippen LogP contribution in [0, 0.1) is 0 Å². The number of aryl methyl sites for hydroxylation is 2. The number of benzene rings is 2. The van der Waals surface area contributed by atoms with Gasteiger partial charge in [-0.05, 0) is 48.9 Å². The normalized spacial score (nSPS) is 18.9. The highest BCUT2D eigenvalue weighted by Gasteiger charge is 2.36. The van der Waals surface area contributed by atoms with Crippen molar-refractivity contribution >= 4 is 22.6 Å². The number of carbonyl (C=O) groups excluding carboxylic acids is 1. The van der Waals surface area contributed by atoms with Crippen LogP contribution in [0.4, 0.5) is 5.69 Å². The molecule has 3 rings (SSSR count). The van der Waals surface area contributed by atoms with Gasteiger partial charge in [-0.1, -0.05) is 47.4 Å². The Morgan fingerprint density at radius 2 is 1.87 bits per heavy atom. The Morgan fingerprint density at radius 3 is 2.53 bits per heavy atom. The van der Waals surface area contributed by atoms with Gasteiger partial charge in [-0.15, -0.1) is 0 Å². The number of aliphatic hydroxyl groups is 1. The monoisotopic (exact) mass is 435 g/mol. The number of β-amino-alcohol motifs (C(OH)–C–C–N with tert-alkyl or cyclic N) is 1. The summed E-state index contributed by atoms with van der Waals surface area (Å²) in [7, 11) is -3.37. The summed E-state index contributed by atoms with van der Waals surface area (Å²) in [5.74, 6) is -0.177. The number of aliphatic hydroxyl groups excluding tert-OH is 1. The van der Waals surface area contributed by atoms with Gasteiger partial charge >= 0.3 is 0 Å². The minimum atomic E-state index is -3.37. The number of phenols is 1. The van der Waals surface area contributed by atoms with Gasteiger partial charge in [-0.2, -0.15) is 4.72 Å². The van der Waals surface area contributed by atoms with E-state index in [0.717, 1.165) is 29.1 Å². The van der Waals surface area contributed by atoms with Crippen molar-refractivity contribution in [3.8, 4) is 5.75 Å². The number of hydrogen-bond donors (Lipinski definition) is 6. The molecule has 1 aliphatic heterocycles. The van der Waals surface area contributed by atoms with E-state index in [1.807, 2.05) is 18.2 Å². The van der Waals surface area contributed by atoms with E-state index in [0.29, 0.717) is 19.4 Å². The number of rotatable bonds is 9. The van der Waals surface area contributed by atoms with Crippen LogP contribution in [-0.2, 0) is 17.6 Å². The average molecular weight is 436 g/mol. The summed E-state index contributed by atoms with van der Waals surface area (Å²) in [6.45, 7) is 0.583. The lowest BCUT2D eigenvalue weighted by atomic mass is 10.1. The maximum Gasteiger partial charge on any atom is 0.220 e. The Kier molecular flexibility index (Phi) is 7.57. The van der Waals surface area contributed by atoms with Crippen LogP contribution in [0.15, 0.2) is 48.5 Å². The second-order valence-corrected chi connectivity index (χ2v) is 9.04. The predicted molar refractivity (Wildman–Crippen MR) is 118 cm³/mol. The molecule has 1 unspecified atom stereocenters. The minimum absolute atomic E-state index is 0.0423. The zero-order chi connectivity index (χ0) is 21.6. The molecule has 0 aromatic heterocycles. The molecule has 0 bridgehead atoms. The standard InChI is InChI=1S/C21H29N3O5S/c25-19-14-17(9-11-18(19)24-15-21(27)23-30(24,28)29)10-12-20(26)22-13-5-4-8-16-6-2-1-3-7-16/h1-3,6-7,9,11,14,21,23,25,27-29H,4-5,8,10,12-13,15H2,(H,22,26). The van der Waals surface area contributed by atoms with Crippen molar-refractivity contribution in [1.29, 1.82) is 0 Å². The molecule has 6 N–H and O–H groups in total. The topological polar surface area (TPSA) is 125 Å². The molecule has 9 heteroatoms. The molecule has 1 fully saturated rings. The molecule has 2 aromatic rings. The van der Waals surface area contributed by atoms with Gasteiger partial charge in [0.15, 0.2) is 0 Å². The first-order valence-corrected chi connectivity index (χ1v) is 11.5. The van der Waals surface area contributed by atoms with E-state index in [2.05, 4.69) is 22.2 Å². The fourth-order valence-corrected chi connectivity index (χ4v) is 4.73. The molecule has 1 atom stereocenters. The first-order valence-electron chi connectivity index (χ1n) is 9.99. The van der Waals surface area contributed by atoms with Gasteiger partial charge in [0.25, 0.3) is 0 Å². The van der Waals surface area contributed by atoms with Gasteiger partial charge in [0.05, 0.1) is 6.54 Å². The summed E-state index contributed by atoms with van der Waals surface area (Å²) in [5.41, 5.74) is 2.28. The smallest absolute Gasteiger partial charge is 0.220 e. The van der Waals surface area contributed by atoms with E-state index < -0.39 is 17.2 Å². The van der Waals surface area contributed by atoms with Crippen LogP contribution in [0.5, 0.6) is 5.75 Å². The number of hydrogen-bond acceptors (Lipinski definition) is 7. The molecule has 2 aromatic carbocycles. The zero-order valence-corrected chi connectivity index (χ0v) is 17.5. The van der Waals surface area contributed by atoms with Crippen molar-refractivity contribution in [2.75, 3.05) is 17.4 Å². The fraction of sp³-hybridized carbons (Fsp3) is 0.381. The van der Waals surface area contributed by atoms with E-state index in [1.54, 1.807) is 12.1 Å². The Balaban J connectivity index is 1.40. The van der Waals surface area contributed by atoms with Gasteiger partial charge in [0.2, 0.25) is 5.91 Å². The highest BCUT2D eigenvalue weighted by atomic mass is 32.3. The van der Waals surface area contributed by atoms with E-state index >= 15 is 0 Å². The van der Waals surface area contributed by atoms with E-state index in [4.69, 9.17) is 0 Å². The Hall–Kier alpha value is -2.30. The minimum Gasteiger partial charge on any atom is -0.506 e. The molecular formula is C21H29N3O5S. The molecule has 30 heavy (non-hydrogen) atoms. The quantitative estimate of drug-likeness (QED) is 0.335. The van der Waals surface area contributed by atoms with Crippen molar-refractivity contribution in [2.45, 2.75) is 38.3 Å². The van der Waals surface area contributed by atoms with E-state index in [9.17, 15) is 24.1 Å². The van der Waals surface area contributed by atoms with Gasteiger partial charge in [-0.3, -0.25) is 18.2 Å². The third-order valence-corrected chi connectivity index (χ3v) is 6.50. The molecular weight excluding hydrogens is 406 g/mol. The number of amides is 1. The summed E-state index contributed by atoms with van der Waals surface area (Å²) >= 11 is 0. The summed E-state index contributed by atoms with van der Waals surface area (Å²) in [6, 6.07) is 15.0. The summed E-state index contributed by atoms with van der Waals surface area (Å²) in [4.78, 5) is 12.1. The number of unbranched alkanes of at least 4 members (excludes halogenated alkanes) is 1. The van der Waals surface area contributed by atoms with Crippen LogP contribution < -0.4 is 14.3 Å². The molecule has 0 spiro atoms. The fourth-order valence-electron chi connectivity index (χ4n) is 3.39. The molecule has 1 saturated heterocycles. The Labute approximate surface area is 178 Å². The van der Waals surface area contributed by atoms with Crippen molar-refractivity contribution in [3.63, 3.8) is 0 Å². The summed E-state index contributed by atoms with van der Waals surface area (Å²) in [5, 5.41) is 22.8. The number of carbonyl (C=O) groups is 1. The first kappa shape index (κ1) is 22.4. The number of aromatic hydroxyl groups is 1. The van der Waals surface area contributed by atoms with Crippen LogP contribution in [0.3, 0.4) is 0 Å². The highest BCUT2D eigenvalue weighted by molar-refractivity contribution is 8.24. The highest BCUT2D eigenvalue weighted by Crippen LogP contribution is 2.49. The number of phenolic OH excluding ortho intramolecular Hbond substituents is 1. The summed E-state index contributed by atoms with van der Waals surface area (Å²) in [6.07, 6.45) is 2.59. The second-order valence-electron chi connectivity index (χ2n) is 7.33. The third kappa shape index (κ3) is 6.10. The maximum atomic E-state index is 12.1. The summed E-state index contributed by atoms with van der Waals surface area (Å²) < 4.78 is 23.3. The number of anilines is 1. The molecule has 1 heterocycles. The lowest BCUT2D eigenvalue weighted by Gasteiger charge is -2.36. The maximum absolute atomic E-state index is 12.1. The largest absolute Gasteiger partial charge is 0.506 e. The molecule has 8 nitrogen and oxygen atoms in total. The molecule has 164 valence electrons. The Bertz CT molecular complexity index is 850. The molecule has 1 aliphatic rings. The van der Waals surface area contributed by atoms with Crippen LogP contribution in [0.25, 0.3) is 0 Å². The van der Waals surface area contributed by atoms with Crippen molar-refractivity contribution < 1.29 is 24.1 Å². The Morgan fingerprint density at radius 1 is 1.10 bits per heavy atom. The molecule has 0 radical (unpaired) electrons. The van der Waals surface area contributed by atoms with Gasteiger partial charge in [0, 0.05) is 13.0 Å². The van der Waals surface area contributed by atoms with Crippen LogP contribution in [0.2, 0.25) is 0 Å². The lowest BCUT2D eigenvalue weighted by molar-refractivity contribution is -0.121. The second kappa shape index (κ2) is 10.1. The van der Waals surface area contributed by atoms with Crippen LogP contribution in [0.1, 0.15) is 30.4 Å². The molecule has 1 amide bonds. The van der Waals surface area contributed by atoms with Gasteiger partial charge in [-0.25, -0.2) is 0 Å². The molecule has 0 aliphatic carbocycles. The predicted octanol–water partition coefficient (Wildman–Crippen LogP) is 2.77. The zero-order valence-electron chi connectivity index (χ0n) is 16.7. The SMILES string of the molecule is O=C(CCc1ccc(N2CC(O)NS2(O)O)c(O)c1)NCCCCc1ccccc1. The van der Waals surface area contributed by atoms with Crippen LogP contribution >= 0.6 is 11.0 Å². The van der Waals surface area contributed by atoms with Gasteiger partial charge in [0.1, 0.15) is 17.7 Å². The van der Waals surface area contributed by atoms with E-state index in [1.165, 1.54) is 11.6 Å². The van der Waals surface area contributed by atoms with Crippen molar-refractivity contribution in [2.24, 2.45) is 0 Å². The first-order chi connectivity index (χ1) is 14.3. The number of nitrogens with one attached hydrogen (secondary N) is 2. The van der Waals surface area contributed by atoms with Crippen molar-refractivity contribution in [3.05, 3.63) is 59.7 Å². The van der Waals surface area contributed by atoms with Gasteiger partial charge < -0.3 is 15.5 Å². The average Bonchev–Trinajstić information content (AvgIpc) is 2.98. The van der Waals surface area contributed by atoms with Crippen LogP contribution in [-0.4, -0.2) is 44.5 Å². The van der Waals surface area contributed by atoms with Crippen molar-refractivity contribution in [1.82, 2.24) is 10.0 Å². The lowest BCUT2D eigenvalue weighted by Crippen LogP contribution is -2.25. The molecule has 0 saturated carbocycles. The number of nitrogens with zero attached hydrogens (tertiary/aromatic N) is 1. The van der Waals surface area contributed by atoms with E-state index in [-0.39, 0.29) is 23.9 Å². The third-order valence-electron chi connectivity index (χ3n) is 4.95.